The molecule has 2 aromatic heterocycles. The maximum atomic E-state index is 9.06. The molecule has 3 heterocycles. The van der Waals surface area contributed by atoms with E-state index in [2.05, 4.69) is 31.1 Å². The van der Waals surface area contributed by atoms with Crippen molar-refractivity contribution >= 4 is 0 Å². The van der Waals surface area contributed by atoms with E-state index in [4.69, 9.17) is 9.78 Å². The first kappa shape index (κ1) is 16.4. The van der Waals surface area contributed by atoms with Gasteiger partial charge in [-0.05, 0) is 31.5 Å². The lowest BCUT2D eigenvalue weighted by Gasteiger charge is -2.32. The van der Waals surface area contributed by atoms with Gasteiger partial charge in [0.1, 0.15) is 0 Å². The van der Waals surface area contributed by atoms with E-state index in [-0.39, 0.29) is 6.04 Å². The van der Waals surface area contributed by atoms with Crippen molar-refractivity contribution in [2.75, 3.05) is 6.54 Å². The molecular formula is C19H18N6O. The van der Waals surface area contributed by atoms with Gasteiger partial charge in [0, 0.05) is 30.7 Å². The molecule has 1 fully saturated rings. The van der Waals surface area contributed by atoms with Gasteiger partial charge in [0.2, 0.25) is 11.7 Å². The second-order valence-corrected chi connectivity index (χ2v) is 6.33. The maximum Gasteiger partial charge on any atom is 0.244 e. The van der Waals surface area contributed by atoms with Gasteiger partial charge in [-0.25, -0.2) is 0 Å². The highest BCUT2D eigenvalue weighted by molar-refractivity contribution is 5.57. The fraction of sp³-hybridized carbons (Fsp3) is 0.316. The van der Waals surface area contributed by atoms with Crippen LogP contribution < -0.4 is 0 Å². The molecule has 0 bridgehead atoms. The fourth-order valence-corrected chi connectivity index (χ4v) is 3.30. The smallest absolute Gasteiger partial charge is 0.244 e. The van der Waals surface area contributed by atoms with Gasteiger partial charge in [-0.1, -0.05) is 23.7 Å². The van der Waals surface area contributed by atoms with E-state index in [1.54, 1.807) is 30.7 Å². The van der Waals surface area contributed by atoms with Crippen LogP contribution in [-0.2, 0) is 6.54 Å². The number of nitriles is 1. The SMILES string of the molecule is N#Cc1cccc(-c2noc([C@H]3CCCCN3Cc3cnccn3)n2)c1. The number of hydrogen-bond acceptors (Lipinski definition) is 7. The van der Waals surface area contributed by atoms with Crippen molar-refractivity contribution in [1.82, 2.24) is 25.0 Å². The largest absolute Gasteiger partial charge is 0.337 e. The first-order valence-electron chi connectivity index (χ1n) is 8.66. The molecule has 0 aliphatic carbocycles. The molecule has 1 aliphatic heterocycles. The van der Waals surface area contributed by atoms with Crippen LogP contribution in [0.2, 0.25) is 0 Å². The Morgan fingerprint density at radius 2 is 2.23 bits per heavy atom. The number of hydrogen-bond donors (Lipinski definition) is 0. The molecule has 1 saturated heterocycles. The van der Waals surface area contributed by atoms with E-state index in [0.29, 0.717) is 23.8 Å². The minimum atomic E-state index is 0.0751. The molecule has 0 radical (unpaired) electrons. The summed E-state index contributed by atoms with van der Waals surface area (Å²) in [6, 6.07) is 9.45. The number of aromatic nitrogens is 4. The minimum Gasteiger partial charge on any atom is -0.337 e. The molecule has 4 rings (SSSR count). The molecule has 0 unspecified atom stereocenters. The third kappa shape index (κ3) is 3.46. The zero-order valence-electron chi connectivity index (χ0n) is 14.2. The molecule has 1 atom stereocenters. The first-order chi connectivity index (χ1) is 12.8. The van der Waals surface area contributed by atoms with Gasteiger partial charge in [0.05, 0.1) is 23.4 Å². The number of rotatable bonds is 4. The summed E-state index contributed by atoms with van der Waals surface area (Å²) in [4.78, 5) is 15.4. The van der Waals surface area contributed by atoms with E-state index in [1.807, 2.05) is 12.1 Å². The van der Waals surface area contributed by atoms with E-state index in [1.165, 1.54) is 0 Å². The van der Waals surface area contributed by atoms with Crippen LogP contribution >= 0.6 is 0 Å². The van der Waals surface area contributed by atoms with Crippen LogP contribution in [0.3, 0.4) is 0 Å². The van der Waals surface area contributed by atoms with Gasteiger partial charge < -0.3 is 4.52 Å². The van der Waals surface area contributed by atoms with Crippen LogP contribution in [0.25, 0.3) is 11.4 Å². The molecule has 7 heteroatoms. The van der Waals surface area contributed by atoms with Gasteiger partial charge in [-0.3, -0.25) is 14.9 Å². The molecular weight excluding hydrogens is 328 g/mol. The zero-order chi connectivity index (χ0) is 17.8. The summed E-state index contributed by atoms with van der Waals surface area (Å²) in [7, 11) is 0. The molecule has 0 spiro atoms. The Morgan fingerprint density at radius 1 is 1.27 bits per heavy atom. The summed E-state index contributed by atoms with van der Waals surface area (Å²) < 4.78 is 5.58. The van der Waals surface area contributed by atoms with Crippen molar-refractivity contribution in [1.29, 1.82) is 5.26 Å². The summed E-state index contributed by atoms with van der Waals surface area (Å²) in [6.45, 7) is 1.67. The van der Waals surface area contributed by atoms with E-state index in [0.717, 1.165) is 37.1 Å². The lowest BCUT2D eigenvalue weighted by Crippen LogP contribution is -2.33. The quantitative estimate of drug-likeness (QED) is 0.716. The predicted octanol–water partition coefficient (Wildman–Crippen LogP) is 3.13. The summed E-state index contributed by atoms with van der Waals surface area (Å²) in [5, 5.41) is 13.2. The van der Waals surface area contributed by atoms with Gasteiger partial charge in [0.25, 0.3) is 0 Å². The second kappa shape index (κ2) is 7.42. The average Bonchev–Trinajstić information content (AvgIpc) is 3.19. The summed E-state index contributed by atoms with van der Waals surface area (Å²) >= 11 is 0. The molecule has 3 aromatic rings. The maximum absolute atomic E-state index is 9.06. The Labute approximate surface area is 151 Å². The van der Waals surface area contributed by atoms with E-state index in [9.17, 15) is 0 Å². The lowest BCUT2D eigenvalue weighted by molar-refractivity contribution is 0.110. The molecule has 1 aromatic carbocycles. The van der Waals surface area contributed by atoms with Crippen molar-refractivity contribution in [3.8, 4) is 17.5 Å². The van der Waals surface area contributed by atoms with Crippen molar-refractivity contribution in [3.63, 3.8) is 0 Å². The topological polar surface area (TPSA) is 91.7 Å². The molecule has 7 nitrogen and oxygen atoms in total. The Morgan fingerprint density at radius 3 is 3.08 bits per heavy atom. The number of nitrogens with zero attached hydrogens (tertiary/aromatic N) is 6. The number of benzene rings is 1. The average molecular weight is 346 g/mol. The van der Waals surface area contributed by atoms with Crippen LogP contribution in [0.1, 0.15) is 42.5 Å². The highest BCUT2D eigenvalue weighted by Gasteiger charge is 2.29. The molecule has 0 saturated carbocycles. The normalized spacial score (nSPS) is 17.7. The Kier molecular flexibility index (Phi) is 4.67. The predicted molar refractivity (Wildman–Crippen MR) is 93.5 cm³/mol. The Balaban J connectivity index is 1.57. The minimum absolute atomic E-state index is 0.0751. The second-order valence-electron chi connectivity index (χ2n) is 6.33. The van der Waals surface area contributed by atoms with Crippen LogP contribution in [-0.4, -0.2) is 31.6 Å². The molecule has 130 valence electrons. The number of likely N-dealkylation sites (tertiary alicyclic amines) is 1. The standard InChI is InChI=1S/C19H18N6O/c20-11-14-4-3-5-15(10-14)18-23-19(26-24-18)17-6-1-2-9-25(17)13-16-12-21-7-8-22-16/h3-5,7-8,10,12,17H,1-2,6,9,13H2/t17-/m1/s1. The zero-order valence-corrected chi connectivity index (χ0v) is 14.2. The van der Waals surface area contributed by atoms with Crippen LogP contribution in [0, 0.1) is 11.3 Å². The van der Waals surface area contributed by atoms with Gasteiger partial charge in [-0.15, -0.1) is 0 Å². The molecule has 1 aliphatic rings. The van der Waals surface area contributed by atoms with E-state index >= 15 is 0 Å². The summed E-state index contributed by atoms with van der Waals surface area (Å²) in [5.41, 5.74) is 2.30. The monoisotopic (exact) mass is 346 g/mol. The van der Waals surface area contributed by atoms with Crippen molar-refractivity contribution in [3.05, 3.63) is 60.0 Å². The first-order valence-corrected chi connectivity index (χ1v) is 8.66. The Hall–Kier alpha value is -3.11. The highest BCUT2D eigenvalue weighted by atomic mass is 16.5. The highest BCUT2D eigenvalue weighted by Crippen LogP contribution is 2.32. The van der Waals surface area contributed by atoms with Crippen molar-refractivity contribution in [2.24, 2.45) is 0 Å². The van der Waals surface area contributed by atoms with Crippen LogP contribution in [0.15, 0.2) is 47.4 Å². The third-order valence-corrected chi connectivity index (χ3v) is 4.57. The van der Waals surface area contributed by atoms with Gasteiger partial charge >= 0.3 is 0 Å². The lowest BCUT2D eigenvalue weighted by atomic mass is 10.0. The van der Waals surface area contributed by atoms with Crippen LogP contribution in [0.5, 0.6) is 0 Å². The molecule has 26 heavy (non-hydrogen) atoms. The molecule has 0 amide bonds. The van der Waals surface area contributed by atoms with E-state index < -0.39 is 0 Å². The van der Waals surface area contributed by atoms with Crippen molar-refractivity contribution < 1.29 is 4.52 Å². The summed E-state index contributed by atoms with van der Waals surface area (Å²) in [6.07, 6.45) is 8.42. The van der Waals surface area contributed by atoms with Gasteiger partial charge in [-0.2, -0.15) is 10.2 Å². The van der Waals surface area contributed by atoms with Crippen molar-refractivity contribution in [2.45, 2.75) is 31.8 Å². The van der Waals surface area contributed by atoms with Gasteiger partial charge in [0.15, 0.2) is 0 Å². The fourth-order valence-electron chi connectivity index (χ4n) is 3.30. The molecule has 0 N–H and O–H groups in total. The Bertz CT molecular complexity index is 917. The summed E-state index contributed by atoms with van der Waals surface area (Å²) in [5.74, 6) is 1.13. The third-order valence-electron chi connectivity index (χ3n) is 4.57. The number of piperidine rings is 1. The van der Waals surface area contributed by atoms with Crippen LogP contribution in [0.4, 0.5) is 0 Å².